The van der Waals surface area contributed by atoms with Crippen LogP contribution in [0.2, 0.25) is 0 Å². The maximum atomic E-state index is 8.50. The fraction of sp³-hybridized carbons (Fsp3) is 0.900. The standard InChI is InChI=1S/C10H18N2O/c1-9(6-11)7-12-4-5-13-8-10-2-3-10/h9-10,12H,2-5,7-8H2,1H3. The highest BCUT2D eigenvalue weighted by molar-refractivity contribution is 4.79. The van der Waals surface area contributed by atoms with Crippen LogP contribution in [0, 0.1) is 23.2 Å². The Hall–Kier alpha value is -0.590. The largest absolute Gasteiger partial charge is 0.380 e. The van der Waals surface area contributed by atoms with E-state index in [1.54, 1.807) is 0 Å². The molecule has 0 aromatic rings. The molecule has 0 spiro atoms. The molecule has 1 aliphatic rings. The van der Waals surface area contributed by atoms with Gasteiger partial charge in [0.1, 0.15) is 0 Å². The van der Waals surface area contributed by atoms with Crippen LogP contribution in [-0.2, 0) is 4.74 Å². The van der Waals surface area contributed by atoms with Gasteiger partial charge in [0.15, 0.2) is 0 Å². The first-order valence-corrected chi connectivity index (χ1v) is 5.01. The second kappa shape index (κ2) is 5.95. The van der Waals surface area contributed by atoms with Crippen LogP contribution < -0.4 is 5.32 Å². The summed E-state index contributed by atoms with van der Waals surface area (Å²) in [4.78, 5) is 0. The number of nitriles is 1. The maximum absolute atomic E-state index is 8.50. The lowest BCUT2D eigenvalue weighted by Gasteiger charge is -2.06. The summed E-state index contributed by atoms with van der Waals surface area (Å²) < 4.78 is 5.43. The van der Waals surface area contributed by atoms with Crippen LogP contribution in [0.25, 0.3) is 0 Å². The first-order valence-electron chi connectivity index (χ1n) is 5.01. The Kier molecular flexibility index (Phi) is 4.81. The zero-order valence-electron chi connectivity index (χ0n) is 8.25. The number of nitrogens with one attached hydrogen (secondary N) is 1. The van der Waals surface area contributed by atoms with Crippen molar-refractivity contribution >= 4 is 0 Å². The molecular formula is C10H18N2O. The molecule has 0 radical (unpaired) electrons. The van der Waals surface area contributed by atoms with Crippen LogP contribution in [0.4, 0.5) is 0 Å². The number of hydrogen-bond donors (Lipinski definition) is 1. The Bertz CT molecular complexity index is 172. The van der Waals surface area contributed by atoms with Crippen LogP contribution >= 0.6 is 0 Å². The number of hydrogen-bond acceptors (Lipinski definition) is 3. The Morgan fingerprint density at radius 1 is 1.62 bits per heavy atom. The van der Waals surface area contributed by atoms with E-state index in [9.17, 15) is 0 Å². The molecule has 0 amide bonds. The van der Waals surface area contributed by atoms with Crippen LogP contribution in [0.5, 0.6) is 0 Å². The van der Waals surface area contributed by atoms with Gasteiger partial charge < -0.3 is 10.1 Å². The van der Waals surface area contributed by atoms with E-state index in [1.807, 2.05) is 6.92 Å². The molecule has 0 aliphatic heterocycles. The van der Waals surface area contributed by atoms with Gasteiger partial charge in [-0.15, -0.1) is 0 Å². The van der Waals surface area contributed by atoms with Gasteiger partial charge >= 0.3 is 0 Å². The zero-order valence-corrected chi connectivity index (χ0v) is 8.25. The van der Waals surface area contributed by atoms with Crippen molar-refractivity contribution in [1.82, 2.24) is 5.32 Å². The van der Waals surface area contributed by atoms with Crippen molar-refractivity contribution in [3.63, 3.8) is 0 Å². The maximum Gasteiger partial charge on any atom is 0.0666 e. The third-order valence-corrected chi connectivity index (χ3v) is 2.14. The minimum atomic E-state index is 0.100. The van der Waals surface area contributed by atoms with E-state index in [4.69, 9.17) is 10.00 Å². The van der Waals surface area contributed by atoms with Crippen LogP contribution in [0.3, 0.4) is 0 Å². The minimum absolute atomic E-state index is 0.100. The third-order valence-electron chi connectivity index (χ3n) is 2.14. The highest BCUT2D eigenvalue weighted by atomic mass is 16.5. The number of ether oxygens (including phenoxy) is 1. The van der Waals surface area contributed by atoms with E-state index in [0.717, 1.165) is 32.2 Å². The van der Waals surface area contributed by atoms with E-state index >= 15 is 0 Å². The molecule has 0 saturated heterocycles. The lowest BCUT2D eigenvalue weighted by atomic mass is 10.2. The zero-order chi connectivity index (χ0) is 9.52. The highest BCUT2D eigenvalue weighted by Crippen LogP contribution is 2.28. The molecule has 1 rings (SSSR count). The van der Waals surface area contributed by atoms with Gasteiger partial charge in [-0.3, -0.25) is 0 Å². The first-order chi connectivity index (χ1) is 6.33. The molecule has 1 saturated carbocycles. The van der Waals surface area contributed by atoms with Gasteiger partial charge in [-0.2, -0.15) is 5.26 Å². The molecule has 0 heterocycles. The van der Waals surface area contributed by atoms with E-state index in [-0.39, 0.29) is 5.92 Å². The molecule has 3 heteroatoms. The van der Waals surface area contributed by atoms with Crippen molar-refractivity contribution in [2.45, 2.75) is 19.8 Å². The molecule has 13 heavy (non-hydrogen) atoms. The second-order valence-electron chi connectivity index (χ2n) is 3.75. The Morgan fingerprint density at radius 2 is 2.38 bits per heavy atom. The fourth-order valence-corrected chi connectivity index (χ4v) is 1.04. The average Bonchev–Trinajstić information content (AvgIpc) is 2.94. The molecule has 0 aromatic heterocycles. The quantitative estimate of drug-likeness (QED) is 0.601. The summed E-state index contributed by atoms with van der Waals surface area (Å²) in [5.41, 5.74) is 0. The van der Waals surface area contributed by atoms with Crippen molar-refractivity contribution in [2.24, 2.45) is 11.8 Å². The van der Waals surface area contributed by atoms with E-state index in [0.29, 0.717) is 0 Å². The van der Waals surface area contributed by atoms with E-state index < -0.39 is 0 Å². The summed E-state index contributed by atoms with van der Waals surface area (Å²) in [6.07, 6.45) is 2.69. The Labute approximate surface area is 80.1 Å². The predicted octanol–water partition coefficient (Wildman–Crippen LogP) is 1.16. The lowest BCUT2D eigenvalue weighted by Crippen LogP contribution is -2.24. The summed E-state index contributed by atoms with van der Waals surface area (Å²) in [5.74, 6) is 0.946. The second-order valence-corrected chi connectivity index (χ2v) is 3.75. The summed E-state index contributed by atoms with van der Waals surface area (Å²) in [5, 5.41) is 11.7. The first kappa shape index (κ1) is 10.5. The summed E-state index contributed by atoms with van der Waals surface area (Å²) in [6.45, 7) is 5.24. The van der Waals surface area contributed by atoms with Crippen molar-refractivity contribution in [3.8, 4) is 6.07 Å². The molecule has 1 N–H and O–H groups in total. The molecular weight excluding hydrogens is 164 g/mol. The Balaban J connectivity index is 1.75. The van der Waals surface area contributed by atoms with Crippen molar-refractivity contribution in [3.05, 3.63) is 0 Å². The minimum Gasteiger partial charge on any atom is -0.380 e. The van der Waals surface area contributed by atoms with Gasteiger partial charge in [-0.1, -0.05) is 0 Å². The molecule has 1 atom stereocenters. The van der Waals surface area contributed by atoms with Crippen LogP contribution in [-0.4, -0.2) is 26.3 Å². The molecule has 0 bridgehead atoms. The summed E-state index contributed by atoms with van der Waals surface area (Å²) >= 11 is 0. The van der Waals surface area contributed by atoms with Gasteiger partial charge in [-0.25, -0.2) is 0 Å². The molecule has 0 aromatic carbocycles. The van der Waals surface area contributed by atoms with E-state index in [1.165, 1.54) is 12.8 Å². The smallest absolute Gasteiger partial charge is 0.0666 e. The van der Waals surface area contributed by atoms with Gasteiger partial charge in [0.05, 0.1) is 18.6 Å². The summed E-state index contributed by atoms with van der Waals surface area (Å²) in [6, 6.07) is 2.18. The summed E-state index contributed by atoms with van der Waals surface area (Å²) in [7, 11) is 0. The van der Waals surface area contributed by atoms with Crippen LogP contribution in [0.15, 0.2) is 0 Å². The van der Waals surface area contributed by atoms with Gasteiger partial charge in [0.25, 0.3) is 0 Å². The van der Waals surface area contributed by atoms with Crippen molar-refractivity contribution in [2.75, 3.05) is 26.3 Å². The normalized spacial score (nSPS) is 18.2. The van der Waals surface area contributed by atoms with Gasteiger partial charge in [0, 0.05) is 19.7 Å². The SMILES string of the molecule is CC(C#N)CNCCOCC1CC1. The molecule has 1 fully saturated rings. The Morgan fingerprint density at radius 3 is 3.00 bits per heavy atom. The number of nitrogens with zero attached hydrogens (tertiary/aromatic N) is 1. The monoisotopic (exact) mass is 182 g/mol. The highest BCUT2D eigenvalue weighted by Gasteiger charge is 2.20. The van der Waals surface area contributed by atoms with Gasteiger partial charge in [0.2, 0.25) is 0 Å². The predicted molar refractivity (Wildman–Crippen MR) is 51.2 cm³/mol. The molecule has 1 aliphatic carbocycles. The van der Waals surface area contributed by atoms with Gasteiger partial charge in [-0.05, 0) is 25.7 Å². The van der Waals surface area contributed by atoms with Crippen molar-refractivity contribution in [1.29, 1.82) is 5.26 Å². The fourth-order valence-electron chi connectivity index (χ4n) is 1.04. The molecule has 3 nitrogen and oxygen atoms in total. The number of rotatable bonds is 7. The van der Waals surface area contributed by atoms with Crippen molar-refractivity contribution < 1.29 is 4.74 Å². The molecule has 74 valence electrons. The topological polar surface area (TPSA) is 45.0 Å². The lowest BCUT2D eigenvalue weighted by molar-refractivity contribution is 0.126. The van der Waals surface area contributed by atoms with E-state index in [2.05, 4.69) is 11.4 Å². The average molecular weight is 182 g/mol. The molecule has 1 unspecified atom stereocenters. The third kappa shape index (κ3) is 5.62. The van der Waals surface area contributed by atoms with Crippen LogP contribution in [0.1, 0.15) is 19.8 Å².